The fourth-order valence-corrected chi connectivity index (χ4v) is 4.50. The van der Waals surface area contributed by atoms with Crippen LogP contribution in [-0.2, 0) is 6.54 Å². The molecular formula is C23H22N4O4S. The normalized spacial score (nSPS) is 14.6. The van der Waals surface area contributed by atoms with E-state index in [9.17, 15) is 4.79 Å². The average molecular weight is 451 g/mol. The Morgan fingerprint density at radius 2 is 1.94 bits per heavy atom. The van der Waals surface area contributed by atoms with Crippen molar-refractivity contribution in [1.29, 1.82) is 0 Å². The van der Waals surface area contributed by atoms with Crippen molar-refractivity contribution in [3.63, 3.8) is 0 Å². The van der Waals surface area contributed by atoms with Crippen molar-refractivity contribution in [2.45, 2.75) is 6.54 Å². The predicted octanol–water partition coefficient (Wildman–Crippen LogP) is 4.02. The van der Waals surface area contributed by atoms with Crippen molar-refractivity contribution in [2.75, 3.05) is 33.3 Å². The molecule has 1 aromatic carbocycles. The molecule has 0 spiro atoms. The van der Waals surface area contributed by atoms with Crippen molar-refractivity contribution in [3.05, 3.63) is 64.8 Å². The van der Waals surface area contributed by atoms with E-state index in [4.69, 9.17) is 18.7 Å². The van der Waals surface area contributed by atoms with Gasteiger partial charge in [0, 0.05) is 43.2 Å². The zero-order valence-corrected chi connectivity index (χ0v) is 18.4. The van der Waals surface area contributed by atoms with Gasteiger partial charge >= 0.3 is 0 Å². The molecule has 1 aliphatic heterocycles. The summed E-state index contributed by atoms with van der Waals surface area (Å²) < 4.78 is 15.8. The Morgan fingerprint density at radius 1 is 1.12 bits per heavy atom. The summed E-state index contributed by atoms with van der Waals surface area (Å²) in [4.78, 5) is 21.7. The molecule has 0 saturated carbocycles. The number of rotatable bonds is 6. The van der Waals surface area contributed by atoms with Crippen LogP contribution in [0.2, 0.25) is 0 Å². The molecule has 1 saturated heterocycles. The van der Waals surface area contributed by atoms with Crippen LogP contribution in [0.5, 0.6) is 5.75 Å². The largest absolute Gasteiger partial charge is 0.497 e. The van der Waals surface area contributed by atoms with E-state index >= 15 is 0 Å². The third-order valence-electron chi connectivity index (χ3n) is 5.45. The molecule has 4 aromatic rings. The van der Waals surface area contributed by atoms with Crippen LogP contribution in [-0.4, -0.2) is 59.1 Å². The first-order valence-electron chi connectivity index (χ1n) is 10.3. The second kappa shape index (κ2) is 8.97. The molecule has 0 unspecified atom stereocenters. The zero-order chi connectivity index (χ0) is 21.9. The van der Waals surface area contributed by atoms with E-state index in [1.54, 1.807) is 42.9 Å². The minimum atomic E-state index is -0.123. The summed E-state index contributed by atoms with van der Waals surface area (Å²) in [6.45, 7) is 3.62. The quantitative estimate of drug-likeness (QED) is 0.439. The van der Waals surface area contributed by atoms with E-state index in [0.29, 0.717) is 30.3 Å². The highest BCUT2D eigenvalue weighted by molar-refractivity contribution is 7.09. The molecule has 1 fully saturated rings. The van der Waals surface area contributed by atoms with Crippen molar-refractivity contribution >= 4 is 17.2 Å². The Hall–Kier alpha value is -3.43. The lowest BCUT2D eigenvalue weighted by Crippen LogP contribution is -2.48. The fourth-order valence-electron chi connectivity index (χ4n) is 3.65. The van der Waals surface area contributed by atoms with E-state index in [2.05, 4.69) is 15.4 Å². The Labute approximate surface area is 189 Å². The van der Waals surface area contributed by atoms with Gasteiger partial charge < -0.3 is 18.6 Å². The highest BCUT2D eigenvalue weighted by Gasteiger charge is 2.25. The van der Waals surface area contributed by atoms with Gasteiger partial charge in [0.15, 0.2) is 11.5 Å². The van der Waals surface area contributed by atoms with Crippen LogP contribution in [0.3, 0.4) is 0 Å². The number of piperazine rings is 1. The van der Waals surface area contributed by atoms with Gasteiger partial charge in [0.05, 0.1) is 25.6 Å². The van der Waals surface area contributed by atoms with Crippen LogP contribution >= 0.6 is 11.3 Å². The average Bonchev–Trinajstić information content (AvgIpc) is 3.61. The molecule has 1 amide bonds. The van der Waals surface area contributed by atoms with Crippen molar-refractivity contribution < 1.29 is 18.5 Å². The van der Waals surface area contributed by atoms with Gasteiger partial charge in [-0.25, -0.2) is 4.98 Å². The van der Waals surface area contributed by atoms with E-state index in [0.717, 1.165) is 41.6 Å². The van der Waals surface area contributed by atoms with Gasteiger partial charge in [0.25, 0.3) is 5.91 Å². The Balaban J connectivity index is 1.16. The number of hydrogen-bond donors (Lipinski definition) is 0. The van der Waals surface area contributed by atoms with Crippen molar-refractivity contribution in [2.24, 2.45) is 0 Å². The molecule has 0 atom stereocenters. The Kier molecular flexibility index (Phi) is 5.74. The van der Waals surface area contributed by atoms with Crippen molar-refractivity contribution in [3.8, 4) is 28.5 Å². The number of amides is 1. The number of carbonyl (C=O) groups excluding carboxylic acids is 1. The minimum absolute atomic E-state index is 0.123. The smallest absolute Gasteiger partial charge is 0.276 e. The highest BCUT2D eigenvalue weighted by Crippen LogP contribution is 2.25. The topological polar surface area (TPSA) is 84.8 Å². The van der Waals surface area contributed by atoms with Gasteiger partial charge in [-0.3, -0.25) is 9.69 Å². The summed E-state index contributed by atoms with van der Waals surface area (Å²) >= 11 is 1.66. The molecule has 0 bridgehead atoms. The number of benzene rings is 1. The fraction of sp³-hybridized carbons (Fsp3) is 0.261. The molecule has 0 radical (unpaired) electrons. The maximum atomic E-state index is 12.8. The molecule has 164 valence electrons. The first-order chi connectivity index (χ1) is 15.7. The second-order valence-corrected chi connectivity index (χ2v) is 8.42. The van der Waals surface area contributed by atoms with Gasteiger partial charge in [-0.2, -0.15) is 0 Å². The third kappa shape index (κ3) is 4.30. The zero-order valence-electron chi connectivity index (χ0n) is 17.6. The summed E-state index contributed by atoms with van der Waals surface area (Å²) in [5.41, 5.74) is 2.35. The molecule has 3 aromatic heterocycles. The maximum Gasteiger partial charge on any atom is 0.276 e. The highest BCUT2D eigenvalue weighted by atomic mass is 32.1. The molecule has 5 rings (SSSR count). The number of hydrogen-bond acceptors (Lipinski definition) is 8. The number of methoxy groups -OCH3 is 1. The summed E-state index contributed by atoms with van der Waals surface area (Å²) in [5, 5.41) is 7.07. The second-order valence-electron chi connectivity index (χ2n) is 7.48. The third-order valence-corrected chi connectivity index (χ3v) is 6.28. The maximum absolute atomic E-state index is 12.8. The Morgan fingerprint density at radius 3 is 2.66 bits per heavy atom. The van der Waals surface area contributed by atoms with E-state index < -0.39 is 0 Å². The lowest BCUT2D eigenvalue weighted by molar-refractivity contribution is 0.0618. The summed E-state index contributed by atoms with van der Waals surface area (Å²) in [6.07, 6.45) is 1.56. The van der Waals surface area contributed by atoms with Crippen LogP contribution in [0.25, 0.3) is 22.8 Å². The van der Waals surface area contributed by atoms with E-state index in [-0.39, 0.29) is 5.91 Å². The predicted molar refractivity (Wildman–Crippen MR) is 119 cm³/mol. The molecule has 1 aliphatic rings. The molecule has 4 heterocycles. The number of nitrogens with zero attached hydrogens (tertiary/aromatic N) is 4. The molecular weight excluding hydrogens is 428 g/mol. The van der Waals surface area contributed by atoms with E-state index in [1.807, 2.05) is 29.2 Å². The number of aromatic nitrogens is 2. The van der Waals surface area contributed by atoms with Crippen LogP contribution < -0.4 is 4.74 Å². The number of carbonyl (C=O) groups is 1. The van der Waals surface area contributed by atoms with Crippen LogP contribution in [0.4, 0.5) is 0 Å². The molecule has 32 heavy (non-hydrogen) atoms. The number of thiazole rings is 1. The Bertz CT molecular complexity index is 1180. The van der Waals surface area contributed by atoms with Gasteiger partial charge in [-0.05, 0) is 36.4 Å². The summed E-state index contributed by atoms with van der Waals surface area (Å²) in [5.74, 6) is 1.72. The first kappa shape index (κ1) is 20.5. The van der Waals surface area contributed by atoms with Gasteiger partial charge in [0.2, 0.25) is 5.76 Å². The molecule has 0 aliphatic carbocycles. The minimum Gasteiger partial charge on any atom is -0.497 e. The van der Waals surface area contributed by atoms with Gasteiger partial charge in [-0.15, -0.1) is 11.3 Å². The lowest BCUT2D eigenvalue weighted by Gasteiger charge is -2.33. The number of ether oxygens (including phenoxy) is 1. The summed E-state index contributed by atoms with van der Waals surface area (Å²) in [6, 6.07) is 13.1. The molecule has 0 N–H and O–H groups in total. The van der Waals surface area contributed by atoms with Gasteiger partial charge in [0.1, 0.15) is 10.8 Å². The molecule has 8 nitrogen and oxygen atoms in total. The summed E-state index contributed by atoms with van der Waals surface area (Å²) in [7, 11) is 1.66. The van der Waals surface area contributed by atoms with Crippen LogP contribution in [0.15, 0.2) is 63.0 Å². The standard InChI is InChI=1S/C23H22N4O4S/c1-29-17-6-4-16(5-7-17)19-15-32-22(24-19)14-26-8-10-27(11-9-26)23(28)18-13-21(31-25-18)20-3-2-12-30-20/h2-7,12-13,15H,8-11,14H2,1H3. The number of furan rings is 1. The van der Waals surface area contributed by atoms with Gasteiger partial charge in [-0.1, -0.05) is 5.16 Å². The van der Waals surface area contributed by atoms with Crippen LogP contribution in [0.1, 0.15) is 15.5 Å². The first-order valence-corrected chi connectivity index (χ1v) is 11.2. The SMILES string of the molecule is COc1ccc(-c2csc(CN3CCN(C(=O)c4cc(-c5ccco5)on4)CC3)n2)cc1. The monoisotopic (exact) mass is 450 g/mol. The van der Waals surface area contributed by atoms with E-state index in [1.165, 1.54) is 0 Å². The molecule has 9 heteroatoms. The van der Waals surface area contributed by atoms with Crippen molar-refractivity contribution in [1.82, 2.24) is 19.9 Å². The van der Waals surface area contributed by atoms with Crippen LogP contribution in [0, 0.1) is 0 Å². The lowest BCUT2D eigenvalue weighted by atomic mass is 10.2.